The van der Waals surface area contributed by atoms with E-state index in [2.05, 4.69) is 27.6 Å². The third-order valence-electron chi connectivity index (χ3n) is 4.73. The number of anilines is 2. The smallest absolute Gasteiger partial charge is 0.274 e. The molecule has 0 saturated carbocycles. The van der Waals surface area contributed by atoms with Gasteiger partial charge in [0.15, 0.2) is 11.5 Å². The zero-order valence-corrected chi connectivity index (χ0v) is 16.1. The summed E-state index contributed by atoms with van der Waals surface area (Å²) >= 11 is 6.05. The third-order valence-corrected chi connectivity index (χ3v) is 4.96. The molecule has 0 radical (unpaired) electrons. The molecule has 28 heavy (non-hydrogen) atoms. The van der Waals surface area contributed by atoms with Gasteiger partial charge < -0.3 is 15.0 Å². The van der Waals surface area contributed by atoms with Gasteiger partial charge in [-0.3, -0.25) is 4.79 Å². The lowest BCUT2D eigenvalue weighted by Gasteiger charge is -2.28. The topological polar surface area (TPSA) is 67.3 Å². The standard InChI is InChI=1S/C21H19ClN4O2/c1-28-19-8-6-16(22)12-18(19)23-20-9-7-17(24-25-20)21(27)26-11-10-14-4-2-3-5-15(14)13-26/h2-9,12H,10-11,13H2,1H3,(H,23,25). The zero-order valence-electron chi connectivity index (χ0n) is 15.4. The largest absolute Gasteiger partial charge is 0.495 e. The Morgan fingerprint density at radius 3 is 2.68 bits per heavy atom. The minimum absolute atomic E-state index is 0.117. The Balaban J connectivity index is 1.48. The molecule has 0 fully saturated rings. The van der Waals surface area contributed by atoms with E-state index < -0.39 is 0 Å². The number of hydrogen-bond acceptors (Lipinski definition) is 5. The van der Waals surface area contributed by atoms with Gasteiger partial charge in [0.1, 0.15) is 5.75 Å². The number of aromatic nitrogens is 2. The van der Waals surface area contributed by atoms with Crippen LogP contribution in [-0.4, -0.2) is 34.7 Å². The van der Waals surface area contributed by atoms with Gasteiger partial charge in [-0.25, -0.2) is 0 Å². The fraction of sp³-hybridized carbons (Fsp3) is 0.190. The van der Waals surface area contributed by atoms with Crippen LogP contribution in [0, 0.1) is 0 Å². The van der Waals surface area contributed by atoms with E-state index in [1.807, 2.05) is 12.1 Å². The van der Waals surface area contributed by atoms with Crippen molar-refractivity contribution in [2.75, 3.05) is 19.0 Å². The third kappa shape index (κ3) is 3.77. The molecule has 1 aliphatic heterocycles. The van der Waals surface area contributed by atoms with Gasteiger partial charge in [-0.05, 0) is 47.9 Å². The van der Waals surface area contributed by atoms with Crippen LogP contribution in [-0.2, 0) is 13.0 Å². The number of fused-ring (bicyclic) bond motifs is 1. The Morgan fingerprint density at radius 2 is 1.93 bits per heavy atom. The van der Waals surface area contributed by atoms with Gasteiger partial charge in [0, 0.05) is 18.1 Å². The van der Waals surface area contributed by atoms with Crippen LogP contribution in [0.4, 0.5) is 11.5 Å². The normalized spacial score (nSPS) is 13.0. The molecule has 3 aromatic rings. The number of carbonyl (C=O) groups excluding carboxylic acids is 1. The van der Waals surface area contributed by atoms with Crippen LogP contribution in [0.25, 0.3) is 0 Å². The first-order valence-corrected chi connectivity index (χ1v) is 9.32. The van der Waals surface area contributed by atoms with E-state index in [1.54, 1.807) is 42.3 Å². The first-order valence-electron chi connectivity index (χ1n) is 8.94. The van der Waals surface area contributed by atoms with Gasteiger partial charge in [0.05, 0.1) is 12.8 Å². The molecule has 2 aromatic carbocycles. The first kappa shape index (κ1) is 18.3. The Hall–Kier alpha value is -3.12. The molecule has 0 saturated heterocycles. The summed E-state index contributed by atoms with van der Waals surface area (Å²) in [6.45, 7) is 1.27. The molecule has 0 unspecified atom stereocenters. The van der Waals surface area contributed by atoms with Crippen LogP contribution in [0.15, 0.2) is 54.6 Å². The fourth-order valence-corrected chi connectivity index (χ4v) is 3.43. The summed E-state index contributed by atoms with van der Waals surface area (Å²) < 4.78 is 5.31. The molecule has 1 amide bonds. The SMILES string of the molecule is COc1ccc(Cl)cc1Nc1ccc(C(=O)N2CCc3ccccc3C2)nn1. The molecule has 1 aromatic heterocycles. The zero-order chi connectivity index (χ0) is 19.5. The van der Waals surface area contributed by atoms with E-state index in [0.29, 0.717) is 41.1 Å². The van der Waals surface area contributed by atoms with Crippen molar-refractivity contribution < 1.29 is 9.53 Å². The molecule has 0 aliphatic carbocycles. The maximum absolute atomic E-state index is 12.8. The summed E-state index contributed by atoms with van der Waals surface area (Å²) in [6, 6.07) is 16.9. The summed E-state index contributed by atoms with van der Waals surface area (Å²) in [5, 5.41) is 11.9. The van der Waals surface area contributed by atoms with Gasteiger partial charge in [-0.2, -0.15) is 0 Å². The molecule has 1 N–H and O–H groups in total. The average Bonchev–Trinajstić information content (AvgIpc) is 2.73. The van der Waals surface area contributed by atoms with Crippen molar-refractivity contribution >= 4 is 29.0 Å². The molecule has 0 spiro atoms. The second kappa shape index (κ2) is 7.86. The van der Waals surface area contributed by atoms with Crippen LogP contribution in [0.5, 0.6) is 5.75 Å². The Kier molecular flexibility index (Phi) is 5.12. The number of benzene rings is 2. The van der Waals surface area contributed by atoms with Crippen LogP contribution >= 0.6 is 11.6 Å². The quantitative estimate of drug-likeness (QED) is 0.722. The lowest BCUT2D eigenvalue weighted by molar-refractivity contribution is 0.0727. The molecule has 4 rings (SSSR count). The summed E-state index contributed by atoms with van der Waals surface area (Å²) in [6.07, 6.45) is 0.851. The summed E-state index contributed by atoms with van der Waals surface area (Å²) in [7, 11) is 1.58. The number of amides is 1. The van der Waals surface area contributed by atoms with Gasteiger partial charge in [-0.15, -0.1) is 10.2 Å². The molecule has 0 bridgehead atoms. The number of nitrogens with one attached hydrogen (secondary N) is 1. The Morgan fingerprint density at radius 1 is 1.11 bits per heavy atom. The number of methoxy groups -OCH3 is 1. The summed E-state index contributed by atoms with van der Waals surface area (Å²) in [5.41, 5.74) is 3.48. The van der Waals surface area contributed by atoms with Crippen molar-refractivity contribution in [1.29, 1.82) is 0 Å². The second-order valence-electron chi connectivity index (χ2n) is 6.52. The van der Waals surface area contributed by atoms with Gasteiger partial charge in [0.25, 0.3) is 5.91 Å². The second-order valence-corrected chi connectivity index (χ2v) is 6.96. The fourth-order valence-electron chi connectivity index (χ4n) is 3.26. The predicted octanol–water partition coefficient (Wildman–Crippen LogP) is 4.08. The van der Waals surface area contributed by atoms with Gasteiger partial charge >= 0.3 is 0 Å². The number of nitrogens with zero attached hydrogens (tertiary/aromatic N) is 3. The van der Waals surface area contributed by atoms with Crippen LogP contribution in [0.1, 0.15) is 21.6 Å². The minimum Gasteiger partial charge on any atom is -0.495 e. The average molecular weight is 395 g/mol. The maximum atomic E-state index is 12.8. The van der Waals surface area contributed by atoms with E-state index in [0.717, 1.165) is 6.42 Å². The van der Waals surface area contributed by atoms with E-state index in [9.17, 15) is 4.79 Å². The highest BCUT2D eigenvalue weighted by Crippen LogP contribution is 2.29. The summed E-state index contributed by atoms with van der Waals surface area (Å²) in [4.78, 5) is 14.6. The molecule has 7 heteroatoms. The van der Waals surface area contributed by atoms with Crippen LogP contribution in [0.3, 0.4) is 0 Å². The van der Waals surface area contributed by atoms with Crippen molar-refractivity contribution in [1.82, 2.24) is 15.1 Å². The van der Waals surface area contributed by atoms with Crippen molar-refractivity contribution in [2.24, 2.45) is 0 Å². The minimum atomic E-state index is -0.117. The number of halogens is 1. The number of ether oxygens (including phenoxy) is 1. The van der Waals surface area contributed by atoms with Gasteiger partial charge in [0.2, 0.25) is 0 Å². The number of carbonyl (C=O) groups is 1. The van der Waals surface area contributed by atoms with E-state index in [1.165, 1.54) is 11.1 Å². The van der Waals surface area contributed by atoms with E-state index in [-0.39, 0.29) is 5.91 Å². The van der Waals surface area contributed by atoms with Crippen LogP contribution < -0.4 is 10.1 Å². The van der Waals surface area contributed by atoms with E-state index in [4.69, 9.17) is 16.3 Å². The van der Waals surface area contributed by atoms with Crippen molar-refractivity contribution in [3.8, 4) is 5.75 Å². The molecule has 0 atom stereocenters. The lowest BCUT2D eigenvalue weighted by Crippen LogP contribution is -2.36. The predicted molar refractivity (Wildman–Crippen MR) is 108 cm³/mol. The molecule has 142 valence electrons. The maximum Gasteiger partial charge on any atom is 0.274 e. The number of rotatable bonds is 4. The molecular weight excluding hydrogens is 376 g/mol. The number of hydrogen-bond donors (Lipinski definition) is 1. The van der Waals surface area contributed by atoms with Crippen molar-refractivity contribution in [2.45, 2.75) is 13.0 Å². The van der Waals surface area contributed by atoms with Crippen molar-refractivity contribution in [3.63, 3.8) is 0 Å². The molecule has 1 aliphatic rings. The van der Waals surface area contributed by atoms with E-state index >= 15 is 0 Å². The summed E-state index contributed by atoms with van der Waals surface area (Å²) in [5.74, 6) is 1.02. The highest BCUT2D eigenvalue weighted by Gasteiger charge is 2.22. The lowest BCUT2D eigenvalue weighted by atomic mass is 10.00. The van der Waals surface area contributed by atoms with Gasteiger partial charge in [-0.1, -0.05) is 35.9 Å². The molecule has 2 heterocycles. The first-order chi connectivity index (χ1) is 13.6. The monoisotopic (exact) mass is 394 g/mol. The Labute approximate surface area is 168 Å². The highest BCUT2D eigenvalue weighted by molar-refractivity contribution is 6.31. The Bertz CT molecular complexity index is 1010. The molecular formula is C21H19ClN4O2. The molecule has 6 nitrogen and oxygen atoms in total. The van der Waals surface area contributed by atoms with Crippen LogP contribution in [0.2, 0.25) is 5.02 Å². The van der Waals surface area contributed by atoms with Crippen molar-refractivity contribution in [3.05, 3.63) is 76.4 Å². The highest BCUT2D eigenvalue weighted by atomic mass is 35.5.